The molecule has 0 atom stereocenters. The molecule has 0 fully saturated rings. The highest BCUT2D eigenvalue weighted by Crippen LogP contribution is 2.17. The summed E-state index contributed by atoms with van der Waals surface area (Å²) in [5.41, 5.74) is 7.34. The van der Waals surface area contributed by atoms with Gasteiger partial charge in [-0.1, -0.05) is 11.6 Å². The Bertz CT molecular complexity index is 271. The van der Waals surface area contributed by atoms with Gasteiger partial charge in [0.15, 0.2) is 0 Å². The van der Waals surface area contributed by atoms with Crippen LogP contribution in [0, 0.1) is 0 Å². The number of anilines is 1. The molecule has 72 valence electrons. The van der Waals surface area contributed by atoms with Crippen LogP contribution in [0.4, 0.5) is 5.69 Å². The van der Waals surface area contributed by atoms with E-state index >= 15 is 0 Å². The molecule has 0 aliphatic carbocycles. The van der Waals surface area contributed by atoms with Crippen LogP contribution in [0.5, 0.6) is 0 Å². The van der Waals surface area contributed by atoms with E-state index in [2.05, 4.69) is 0 Å². The van der Waals surface area contributed by atoms with Gasteiger partial charge in [-0.25, -0.2) is 0 Å². The van der Waals surface area contributed by atoms with E-state index < -0.39 is 0 Å². The van der Waals surface area contributed by atoms with E-state index in [0.717, 1.165) is 5.56 Å². The summed E-state index contributed by atoms with van der Waals surface area (Å²) in [5.74, 6) is 0. The Morgan fingerprint density at radius 1 is 1.46 bits per heavy atom. The van der Waals surface area contributed by atoms with Crippen molar-refractivity contribution in [1.82, 2.24) is 5.06 Å². The molecule has 2 N–H and O–H groups in total. The van der Waals surface area contributed by atoms with E-state index in [9.17, 15) is 0 Å². The molecule has 0 saturated heterocycles. The van der Waals surface area contributed by atoms with Crippen molar-refractivity contribution in [2.24, 2.45) is 0 Å². The van der Waals surface area contributed by atoms with Crippen molar-refractivity contribution in [3.63, 3.8) is 0 Å². The van der Waals surface area contributed by atoms with Crippen molar-refractivity contribution in [2.45, 2.75) is 6.54 Å². The Balaban J connectivity index is 2.77. The zero-order valence-corrected chi connectivity index (χ0v) is 8.51. The summed E-state index contributed by atoms with van der Waals surface area (Å²) in [6, 6.07) is 5.46. The van der Waals surface area contributed by atoms with Gasteiger partial charge in [-0.05, 0) is 23.8 Å². The van der Waals surface area contributed by atoms with Crippen LogP contribution < -0.4 is 5.73 Å². The number of rotatable bonds is 3. The van der Waals surface area contributed by atoms with E-state index in [0.29, 0.717) is 17.3 Å². The van der Waals surface area contributed by atoms with Gasteiger partial charge in [-0.2, -0.15) is 5.06 Å². The van der Waals surface area contributed by atoms with E-state index in [1.54, 1.807) is 18.2 Å². The fourth-order valence-electron chi connectivity index (χ4n) is 1.09. The lowest BCUT2D eigenvalue weighted by molar-refractivity contribution is -0.116. The van der Waals surface area contributed by atoms with Crippen LogP contribution in [0.15, 0.2) is 18.2 Å². The molecule has 0 saturated carbocycles. The van der Waals surface area contributed by atoms with Crippen LogP contribution in [0.1, 0.15) is 5.56 Å². The Morgan fingerprint density at radius 3 is 2.69 bits per heavy atom. The second-order valence-electron chi connectivity index (χ2n) is 2.86. The van der Waals surface area contributed by atoms with Crippen molar-refractivity contribution in [3.8, 4) is 0 Å². The molecular formula is C9H13ClN2O. The normalized spacial score (nSPS) is 10.8. The fraction of sp³-hybridized carbons (Fsp3) is 0.333. The van der Waals surface area contributed by atoms with Crippen molar-refractivity contribution >= 4 is 17.3 Å². The average molecular weight is 201 g/mol. The number of hydroxylamine groups is 2. The van der Waals surface area contributed by atoms with Gasteiger partial charge >= 0.3 is 0 Å². The summed E-state index contributed by atoms with van der Waals surface area (Å²) in [7, 11) is 3.46. The monoisotopic (exact) mass is 200 g/mol. The topological polar surface area (TPSA) is 38.5 Å². The minimum atomic E-state index is 0.652. The van der Waals surface area contributed by atoms with Crippen molar-refractivity contribution in [1.29, 1.82) is 0 Å². The van der Waals surface area contributed by atoms with Crippen molar-refractivity contribution in [2.75, 3.05) is 19.9 Å². The van der Waals surface area contributed by atoms with Crippen molar-refractivity contribution < 1.29 is 4.84 Å². The third kappa shape index (κ3) is 3.22. The summed E-state index contributed by atoms with van der Waals surface area (Å²) < 4.78 is 0. The molecule has 3 nitrogen and oxygen atoms in total. The average Bonchev–Trinajstić information content (AvgIpc) is 2.02. The summed E-state index contributed by atoms with van der Waals surface area (Å²) in [6.07, 6.45) is 0. The maximum Gasteiger partial charge on any atom is 0.0575 e. The maximum atomic E-state index is 5.84. The van der Waals surface area contributed by atoms with Gasteiger partial charge in [0.2, 0.25) is 0 Å². The Labute approximate surface area is 83.0 Å². The SMILES string of the molecule is CON(C)Cc1cc(N)cc(Cl)c1. The van der Waals surface area contributed by atoms with Crippen molar-refractivity contribution in [3.05, 3.63) is 28.8 Å². The van der Waals surface area contributed by atoms with Crippen LogP contribution in [-0.2, 0) is 11.4 Å². The van der Waals surface area contributed by atoms with Crippen LogP contribution in [0.2, 0.25) is 5.02 Å². The van der Waals surface area contributed by atoms with Gasteiger partial charge in [0.25, 0.3) is 0 Å². The van der Waals surface area contributed by atoms with Crippen LogP contribution >= 0.6 is 11.6 Å². The first-order valence-electron chi connectivity index (χ1n) is 3.92. The number of nitrogen functional groups attached to an aromatic ring is 1. The standard InChI is InChI=1S/C9H13ClN2O/c1-12(13-2)6-7-3-8(10)5-9(11)4-7/h3-5H,6,11H2,1-2H3. The molecule has 0 aliphatic rings. The molecule has 0 amide bonds. The van der Waals surface area contributed by atoms with Gasteiger partial charge in [0, 0.05) is 24.3 Å². The first-order valence-corrected chi connectivity index (χ1v) is 4.30. The predicted molar refractivity (Wildman–Crippen MR) is 54.3 cm³/mol. The lowest BCUT2D eigenvalue weighted by Crippen LogP contribution is -2.15. The molecule has 0 spiro atoms. The molecule has 0 heterocycles. The number of benzene rings is 1. The molecule has 1 aromatic rings. The Kier molecular flexibility index (Phi) is 3.54. The molecule has 1 rings (SSSR count). The molecule has 4 heteroatoms. The first kappa shape index (κ1) is 10.3. The second kappa shape index (κ2) is 4.46. The van der Waals surface area contributed by atoms with Gasteiger partial charge in [-0.3, -0.25) is 0 Å². The molecular weight excluding hydrogens is 188 g/mol. The second-order valence-corrected chi connectivity index (χ2v) is 3.30. The number of nitrogens with zero attached hydrogens (tertiary/aromatic N) is 1. The quantitative estimate of drug-likeness (QED) is 0.599. The van der Waals surface area contributed by atoms with E-state index in [1.807, 2.05) is 19.2 Å². The molecule has 0 bridgehead atoms. The van der Waals surface area contributed by atoms with Crippen LogP contribution in [0.25, 0.3) is 0 Å². The smallest absolute Gasteiger partial charge is 0.0575 e. The molecule has 0 aliphatic heterocycles. The predicted octanol–water partition coefficient (Wildman–Crippen LogP) is 1.92. The molecule has 13 heavy (non-hydrogen) atoms. The molecule has 0 radical (unpaired) electrons. The zero-order chi connectivity index (χ0) is 9.84. The Morgan fingerprint density at radius 2 is 2.15 bits per heavy atom. The van der Waals surface area contributed by atoms with Crippen LogP contribution in [0.3, 0.4) is 0 Å². The highest BCUT2D eigenvalue weighted by atomic mass is 35.5. The highest BCUT2D eigenvalue weighted by Gasteiger charge is 2.00. The number of nitrogens with two attached hydrogens (primary N) is 1. The van der Waals surface area contributed by atoms with E-state index in [4.69, 9.17) is 22.2 Å². The maximum absolute atomic E-state index is 5.84. The van der Waals surface area contributed by atoms with E-state index in [-0.39, 0.29) is 0 Å². The molecule has 0 aromatic heterocycles. The minimum Gasteiger partial charge on any atom is -0.399 e. The summed E-state index contributed by atoms with van der Waals surface area (Å²) in [5, 5.41) is 2.35. The highest BCUT2D eigenvalue weighted by molar-refractivity contribution is 6.30. The molecule has 0 unspecified atom stereocenters. The third-order valence-electron chi connectivity index (χ3n) is 1.70. The fourth-order valence-corrected chi connectivity index (χ4v) is 1.35. The third-order valence-corrected chi connectivity index (χ3v) is 1.92. The summed E-state index contributed by atoms with van der Waals surface area (Å²) in [4.78, 5) is 4.98. The van der Waals surface area contributed by atoms with Gasteiger partial charge in [0.05, 0.1) is 7.11 Å². The summed E-state index contributed by atoms with van der Waals surface area (Å²) in [6.45, 7) is 0.668. The first-order chi connectivity index (χ1) is 6.11. The number of hydrogen-bond acceptors (Lipinski definition) is 3. The van der Waals surface area contributed by atoms with Gasteiger partial charge < -0.3 is 10.6 Å². The Hall–Kier alpha value is -0.770. The van der Waals surface area contributed by atoms with Crippen LogP contribution in [-0.4, -0.2) is 19.2 Å². The summed E-state index contributed by atoms with van der Waals surface area (Å²) >= 11 is 5.84. The zero-order valence-electron chi connectivity index (χ0n) is 7.75. The van der Waals surface area contributed by atoms with Gasteiger partial charge in [-0.15, -0.1) is 0 Å². The largest absolute Gasteiger partial charge is 0.399 e. The number of halogens is 1. The van der Waals surface area contributed by atoms with Gasteiger partial charge in [0.1, 0.15) is 0 Å². The lowest BCUT2D eigenvalue weighted by Gasteiger charge is -2.13. The minimum absolute atomic E-state index is 0.652. The lowest BCUT2D eigenvalue weighted by atomic mass is 10.2. The van der Waals surface area contributed by atoms with E-state index in [1.165, 1.54) is 0 Å². The molecule has 1 aromatic carbocycles. The number of hydrogen-bond donors (Lipinski definition) is 1.